The molecule has 2 aromatic carbocycles. The van der Waals surface area contributed by atoms with Gasteiger partial charge in [-0.15, -0.1) is 0 Å². The summed E-state index contributed by atoms with van der Waals surface area (Å²) in [5.41, 5.74) is 2.13. The first-order valence-electron chi connectivity index (χ1n) is 7.98. The van der Waals surface area contributed by atoms with Crippen molar-refractivity contribution in [1.82, 2.24) is 5.32 Å². The van der Waals surface area contributed by atoms with Crippen LogP contribution in [0.25, 0.3) is 6.08 Å². The smallest absolute Gasteiger partial charge is 0.244 e. The van der Waals surface area contributed by atoms with Gasteiger partial charge >= 0.3 is 0 Å². The minimum Gasteiger partial charge on any atom is -0.496 e. The van der Waals surface area contributed by atoms with Gasteiger partial charge in [-0.05, 0) is 42.7 Å². The second-order valence-corrected chi connectivity index (χ2v) is 6.52. The summed E-state index contributed by atoms with van der Waals surface area (Å²) in [5.74, 6) is 0.798. The molecule has 3 rings (SSSR count). The van der Waals surface area contributed by atoms with Crippen molar-refractivity contribution in [3.05, 3.63) is 70.8 Å². The molecule has 1 aliphatic rings. The molecule has 0 unspecified atom stereocenters. The SMILES string of the molecule is COc1ccccc1C1(CNC(=O)/C=C/c2ccc(Cl)cc2)CC1. The third-order valence-corrected chi connectivity index (χ3v) is 4.68. The maximum absolute atomic E-state index is 12.1. The second kappa shape index (κ2) is 7.10. The zero-order chi connectivity index (χ0) is 17.0. The van der Waals surface area contributed by atoms with E-state index in [1.807, 2.05) is 30.3 Å². The van der Waals surface area contributed by atoms with E-state index >= 15 is 0 Å². The molecular formula is C20H20ClNO2. The van der Waals surface area contributed by atoms with Crippen LogP contribution in [0.2, 0.25) is 5.02 Å². The lowest BCUT2D eigenvalue weighted by Gasteiger charge is -2.19. The number of carbonyl (C=O) groups is 1. The quantitative estimate of drug-likeness (QED) is 0.799. The summed E-state index contributed by atoms with van der Waals surface area (Å²) in [4.78, 5) is 12.1. The summed E-state index contributed by atoms with van der Waals surface area (Å²) in [6, 6.07) is 15.4. The van der Waals surface area contributed by atoms with Crippen LogP contribution >= 0.6 is 11.6 Å². The Balaban J connectivity index is 1.61. The van der Waals surface area contributed by atoms with Crippen LogP contribution in [0.3, 0.4) is 0 Å². The Morgan fingerprint density at radius 3 is 2.58 bits per heavy atom. The third kappa shape index (κ3) is 3.80. The van der Waals surface area contributed by atoms with E-state index in [2.05, 4.69) is 11.4 Å². The summed E-state index contributed by atoms with van der Waals surface area (Å²) < 4.78 is 5.46. The fourth-order valence-electron chi connectivity index (χ4n) is 2.84. The molecule has 1 fully saturated rings. The molecule has 124 valence electrons. The Bertz CT molecular complexity index is 748. The van der Waals surface area contributed by atoms with Gasteiger partial charge in [0.15, 0.2) is 0 Å². The molecule has 1 amide bonds. The summed E-state index contributed by atoms with van der Waals surface area (Å²) >= 11 is 5.85. The molecule has 24 heavy (non-hydrogen) atoms. The number of amides is 1. The first-order valence-corrected chi connectivity index (χ1v) is 8.36. The van der Waals surface area contributed by atoms with Gasteiger partial charge in [0.2, 0.25) is 5.91 Å². The van der Waals surface area contributed by atoms with Crippen molar-refractivity contribution in [2.45, 2.75) is 18.3 Å². The van der Waals surface area contributed by atoms with Crippen molar-refractivity contribution in [3.63, 3.8) is 0 Å². The van der Waals surface area contributed by atoms with E-state index in [0.717, 1.165) is 24.2 Å². The topological polar surface area (TPSA) is 38.3 Å². The average Bonchev–Trinajstić information content (AvgIpc) is 3.40. The van der Waals surface area contributed by atoms with Crippen LogP contribution in [0.1, 0.15) is 24.0 Å². The molecule has 1 saturated carbocycles. The van der Waals surface area contributed by atoms with Gasteiger partial charge in [0, 0.05) is 28.6 Å². The van der Waals surface area contributed by atoms with Crippen molar-refractivity contribution in [3.8, 4) is 5.75 Å². The van der Waals surface area contributed by atoms with Crippen molar-refractivity contribution in [2.24, 2.45) is 0 Å². The normalized spacial score (nSPS) is 15.2. The minimum absolute atomic E-state index is 0.0103. The number of ether oxygens (including phenoxy) is 1. The standard InChI is InChI=1S/C20H20ClNO2/c1-24-18-5-3-2-4-17(18)20(12-13-20)14-22-19(23)11-8-15-6-9-16(21)10-7-15/h2-11H,12-14H2,1H3,(H,22,23)/b11-8+. The zero-order valence-electron chi connectivity index (χ0n) is 13.6. The maximum Gasteiger partial charge on any atom is 0.244 e. The Morgan fingerprint density at radius 2 is 1.92 bits per heavy atom. The highest BCUT2D eigenvalue weighted by molar-refractivity contribution is 6.30. The highest BCUT2D eigenvalue weighted by Crippen LogP contribution is 2.50. The minimum atomic E-state index is -0.0916. The van der Waals surface area contributed by atoms with Gasteiger partial charge in [0.1, 0.15) is 5.75 Å². The van der Waals surface area contributed by atoms with Crippen molar-refractivity contribution < 1.29 is 9.53 Å². The van der Waals surface area contributed by atoms with Crippen LogP contribution < -0.4 is 10.1 Å². The summed E-state index contributed by atoms with van der Waals surface area (Å²) in [6.07, 6.45) is 5.47. The Kier molecular flexibility index (Phi) is 4.91. The summed E-state index contributed by atoms with van der Waals surface area (Å²) in [5, 5.41) is 3.69. The molecule has 0 aromatic heterocycles. The van der Waals surface area contributed by atoms with Crippen LogP contribution in [-0.4, -0.2) is 19.6 Å². The number of halogens is 1. The number of carbonyl (C=O) groups excluding carboxylic acids is 1. The highest BCUT2D eigenvalue weighted by atomic mass is 35.5. The Hall–Kier alpha value is -2.26. The molecule has 3 nitrogen and oxygen atoms in total. The molecule has 0 spiro atoms. The molecule has 0 bridgehead atoms. The molecule has 0 heterocycles. The lowest BCUT2D eigenvalue weighted by atomic mass is 9.95. The number of para-hydroxylation sites is 1. The van der Waals surface area contributed by atoms with E-state index in [1.54, 1.807) is 31.4 Å². The van der Waals surface area contributed by atoms with E-state index in [4.69, 9.17) is 16.3 Å². The lowest BCUT2D eigenvalue weighted by molar-refractivity contribution is -0.116. The van der Waals surface area contributed by atoms with Gasteiger partial charge in [-0.3, -0.25) is 4.79 Å². The van der Waals surface area contributed by atoms with Gasteiger partial charge in [0.05, 0.1) is 7.11 Å². The lowest BCUT2D eigenvalue weighted by Crippen LogP contribution is -2.31. The second-order valence-electron chi connectivity index (χ2n) is 6.08. The number of hydrogen-bond donors (Lipinski definition) is 1. The summed E-state index contributed by atoms with van der Waals surface area (Å²) in [6.45, 7) is 0.622. The number of nitrogens with one attached hydrogen (secondary N) is 1. The molecule has 2 aromatic rings. The van der Waals surface area contributed by atoms with E-state index in [0.29, 0.717) is 11.6 Å². The van der Waals surface area contributed by atoms with Crippen molar-refractivity contribution in [1.29, 1.82) is 0 Å². The van der Waals surface area contributed by atoms with Gasteiger partial charge in [-0.1, -0.05) is 41.9 Å². The average molecular weight is 342 g/mol. The summed E-state index contributed by atoms with van der Waals surface area (Å²) in [7, 11) is 1.68. The highest BCUT2D eigenvalue weighted by Gasteiger charge is 2.46. The first kappa shape index (κ1) is 16.6. The van der Waals surface area contributed by atoms with Crippen molar-refractivity contribution >= 4 is 23.6 Å². The Labute approximate surface area is 147 Å². The zero-order valence-corrected chi connectivity index (χ0v) is 14.3. The fraction of sp³-hybridized carbons (Fsp3) is 0.250. The molecular weight excluding hydrogens is 322 g/mol. The monoisotopic (exact) mass is 341 g/mol. The van der Waals surface area contributed by atoms with Gasteiger partial charge in [-0.2, -0.15) is 0 Å². The molecule has 0 saturated heterocycles. The number of hydrogen-bond acceptors (Lipinski definition) is 2. The third-order valence-electron chi connectivity index (χ3n) is 4.43. The molecule has 0 radical (unpaired) electrons. The molecule has 4 heteroatoms. The molecule has 0 aliphatic heterocycles. The van der Waals surface area contributed by atoms with E-state index < -0.39 is 0 Å². The van der Waals surface area contributed by atoms with Crippen LogP contribution in [0, 0.1) is 0 Å². The largest absolute Gasteiger partial charge is 0.496 e. The molecule has 1 aliphatic carbocycles. The van der Waals surface area contributed by atoms with Crippen LogP contribution in [0.4, 0.5) is 0 Å². The molecule has 1 N–H and O–H groups in total. The van der Waals surface area contributed by atoms with E-state index in [-0.39, 0.29) is 11.3 Å². The van der Waals surface area contributed by atoms with Gasteiger partial charge in [0.25, 0.3) is 0 Å². The van der Waals surface area contributed by atoms with Crippen LogP contribution in [0.5, 0.6) is 5.75 Å². The fourth-order valence-corrected chi connectivity index (χ4v) is 2.96. The predicted octanol–water partition coefficient (Wildman–Crippen LogP) is 4.21. The van der Waals surface area contributed by atoms with Crippen LogP contribution in [-0.2, 0) is 10.2 Å². The van der Waals surface area contributed by atoms with Gasteiger partial charge < -0.3 is 10.1 Å². The van der Waals surface area contributed by atoms with Gasteiger partial charge in [-0.25, -0.2) is 0 Å². The maximum atomic E-state index is 12.1. The predicted molar refractivity (Wildman–Crippen MR) is 97.4 cm³/mol. The molecule has 0 atom stereocenters. The van der Waals surface area contributed by atoms with Crippen molar-refractivity contribution in [2.75, 3.05) is 13.7 Å². The number of rotatable bonds is 6. The van der Waals surface area contributed by atoms with E-state index in [1.165, 1.54) is 5.56 Å². The number of benzene rings is 2. The van der Waals surface area contributed by atoms with Crippen LogP contribution in [0.15, 0.2) is 54.6 Å². The van der Waals surface area contributed by atoms with E-state index in [9.17, 15) is 4.79 Å². The first-order chi connectivity index (χ1) is 11.6. The number of methoxy groups -OCH3 is 1. The Morgan fingerprint density at radius 1 is 1.21 bits per heavy atom.